The summed E-state index contributed by atoms with van der Waals surface area (Å²) in [5.74, 6) is -0.871. The Labute approximate surface area is 297 Å². The Kier molecular flexibility index (Phi) is 44.2. The van der Waals surface area contributed by atoms with Crippen LogP contribution in [0.2, 0.25) is 0 Å². The number of carboxylic acid groups (broad SMARTS) is 1. The standard InChI is InChI=1S/C36H72O13/c1-2-3-4-5-6-7-8-9-10-11-12-14-39-16-18-41-20-22-43-24-26-45-28-30-47-32-34-49-35-33-48-31-29-46-27-25-44-23-21-42-19-17-40-15-13-36(37)38/h2-35H2,1H3,(H,37,38). The van der Waals surface area contributed by atoms with E-state index in [1.807, 2.05) is 0 Å². The lowest BCUT2D eigenvalue weighted by atomic mass is 10.1. The molecule has 49 heavy (non-hydrogen) atoms. The summed E-state index contributed by atoms with van der Waals surface area (Å²) in [6.07, 6.45) is 14.8. The van der Waals surface area contributed by atoms with Gasteiger partial charge in [-0.1, -0.05) is 71.1 Å². The molecule has 13 heteroatoms. The lowest BCUT2D eigenvalue weighted by molar-refractivity contribution is -0.138. The highest BCUT2D eigenvalue weighted by Crippen LogP contribution is 2.11. The van der Waals surface area contributed by atoms with Crippen LogP contribution in [0.15, 0.2) is 0 Å². The highest BCUT2D eigenvalue weighted by atomic mass is 16.6. The number of carboxylic acids is 1. The maximum Gasteiger partial charge on any atom is 0.305 e. The largest absolute Gasteiger partial charge is 0.481 e. The molecule has 294 valence electrons. The highest BCUT2D eigenvalue weighted by Gasteiger charge is 1.98. The Bertz CT molecular complexity index is 615. The predicted molar refractivity (Wildman–Crippen MR) is 188 cm³/mol. The van der Waals surface area contributed by atoms with Gasteiger partial charge in [-0.15, -0.1) is 0 Å². The zero-order valence-corrected chi connectivity index (χ0v) is 30.9. The third-order valence-corrected chi connectivity index (χ3v) is 7.07. The summed E-state index contributed by atoms with van der Waals surface area (Å²) < 4.78 is 60.0. The van der Waals surface area contributed by atoms with E-state index in [0.717, 1.165) is 13.0 Å². The van der Waals surface area contributed by atoms with E-state index in [2.05, 4.69) is 6.92 Å². The molecular weight excluding hydrogens is 640 g/mol. The zero-order valence-electron chi connectivity index (χ0n) is 30.9. The molecule has 0 aliphatic carbocycles. The van der Waals surface area contributed by atoms with Crippen molar-refractivity contribution in [2.24, 2.45) is 0 Å². The second kappa shape index (κ2) is 45.1. The van der Waals surface area contributed by atoms with E-state index in [1.165, 1.54) is 64.2 Å². The number of hydrogen-bond acceptors (Lipinski definition) is 12. The summed E-state index contributed by atoms with van der Waals surface area (Å²) in [6, 6.07) is 0. The Hall–Kier alpha value is -0.970. The summed E-state index contributed by atoms with van der Waals surface area (Å²) in [4.78, 5) is 10.3. The van der Waals surface area contributed by atoms with E-state index >= 15 is 0 Å². The van der Waals surface area contributed by atoms with Gasteiger partial charge in [-0.3, -0.25) is 4.79 Å². The first-order valence-electron chi connectivity index (χ1n) is 18.8. The van der Waals surface area contributed by atoms with Crippen LogP contribution in [0, 0.1) is 0 Å². The van der Waals surface area contributed by atoms with Crippen molar-refractivity contribution in [1.29, 1.82) is 0 Å². The first-order chi connectivity index (χ1) is 24.3. The van der Waals surface area contributed by atoms with E-state index in [4.69, 9.17) is 57.2 Å². The minimum absolute atomic E-state index is 0.000757. The molecule has 0 saturated carbocycles. The van der Waals surface area contributed by atoms with Gasteiger partial charge < -0.3 is 57.2 Å². The van der Waals surface area contributed by atoms with Gasteiger partial charge in [0.25, 0.3) is 0 Å². The minimum atomic E-state index is -0.871. The summed E-state index contributed by atoms with van der Waals surface area (Å²) in [6.45, 7) is 13.4. The summed E-state index contributed by atoms with van der Waals surface area (Å²) in [7, 11) is 0. The molecule has 13 nitrogen and oxygen atoms in total. The Morgan fingerprint density at radius 1 is 0.306 bits per heavy atom. The van der Waals surface area contributed by atoms with E-state index in [-0.39, 0.29) is 13.0 Å². The molecule has 0 bridgehead atoms. The quantitative estimate of drug-likeness (QED) is 0.0853. The van der Waals surface area contributed by atoms with Crippen LogP contribution < -0.4 is 0 Å². The fourth-order valence-corrected chi connectivity index (χ4v) is 4.33. The van der Waals surface area contributed by atoms with Crippen LogP contribution >= 0.6 is 0 Å². The third-order valence-electron chi connectivity index (χ3n) is 7.07. The molecule has 0 aromatic carbocycles. The van der Waals surface area contributed by atoms with E-state index in [9.17, 15) is 4.79 Å². The molecule has 0 rings (SSSR count). The van der Waals surface area contributed by atoms with E-state index in [1.54, 1.807) is 0 Å². The molecule has 0 spiro atoms. The van der Waals surface area contributed by atoms with Crippen molar-refractivity contribution in [3.8, 4) is 0 Å². The monoisotopic (exact) mass is 712 g/mol. The second-order valence-electron chi connectivity index (χ2n) is 11.4. The van der Waals surface area contributed by atoms with Crippen molar-refractivity contribution in [2.45, 2.75) is 84.0 Å². The summed E-state index contributed by atoms with van der Waals surface area (Å²) in [5.41, 5.74) is 0. The number of ether oxygens (including phenoxy) is 11. The van der Waals surface area contributed by atoms with Crippen molar-refractivity contribution in [2.75, 3.05) is 145 Å². The Morgan fingerprint density at radius 3 is 0.755 bits per heavy atom. The lowest BCUT2D eigenvalue weighted by Gasteiger charge is -2.09. The van der Waals surface area contributed by atoms with Crippen molar-refractivity contribution in [3.63, 3.8) is 0 Å². The van der Waals surface area contributed by atoms with Gasteiger partial charge in [-0.05, 0) is 6.42 Å². The number of hydrogen-bond donors (Lipinski definition) is 1. The van der Waals surface area contributed by atoms with Crippen molar-refractivity contribution in [1.82, 2.24) is 0 Å². The average molecular weight is 713 g/mol. The van der Waals surface area contributed by atoms with Crippen molar-refractivity contribution < 1.29 is 62.0 Å². The van der Waals surface area contributed by atoms with Gasteiger partial charge in [0.05, 0.1) is 145 Å². The maximum atomic E-state index is 10.3. The average Bonchev–Trinajstić information content (AvgIpc) is 3.10. The third kappa shape index (κ3) is 47.0. The van der Waals surface area contributed by atoms with Crippen LogP contribution in [0.5, 0.6) is 0 Å². The van der Waals surface area contributed by atoms with Crippen LogP contribution in [-0.4, -0.2) is 156 Å². The Morgan fingerprint density at radius 2 is 0.510 bits per heavy atom. The van der Waals surface area contributed by atoms with Crippen LogP contribution in [0.1, 0.15) is 84.0 Å². The molecule has 0 aliphatic rings. The van der Waals surface area contributed by atoms with Crippen LogP contribution in [0.4, 0.5) is 0 Å². The smallest absolute Gasteiger partial charge is 0.305 e. The van der Waals surface area contributed by atoms with Gasteiger partial charge >= 0.3 is 5.97 Å². The lowest BCUT2D eigenvalue weighted by Crippen LogP contribution is -2.15. The molecule has 0 heterocycles. The first-order valence-corrected chi connectivity index (χ1v) is 18.8. The maximum absolute atomic E-state index is 10.3. The zero-order chi connectivity index (χ0) is 35.4. The minimum Gasteiger partial charge on any atom is -0.481 e. The van der Waals surface area contributed by atoms with Crippen LogP contribution in [0.3, 0.4) is 0 Å². The van der Waals surface area contributed by atoms with Gasteiger partial charge in [-0.2, -0.15) is 0 Å². The van der Waals surface area contributed by atoms with Crippen LogP contribution in [-0.2, 0) is 56.9 Å². The second-order valence-corrected chi connectivity index (χ2v) is 11.4. The molecule has 0 aliphatic heterocycles. The van der Waals surface area contributed by atoms with E-state index in [0.29, 0.717) is 132 Å². The number of aliphatic carboxylic acids is 1. The number of rotatable bonds is 45. The molecule has 0 saturated heterocycles. The normalized spacial score (nSPS) is 11.5. The van der Waals surface area contributed by atoms with E-state index < -0.39 is 5.97 Å². The van der Waals surface area contributed by atoms with Crippen LogP contribution in [0.25, 0.3) is 0 Å². The number of unbranched alkanes of at least 4 members (excludes halogenated alkanes) is 10. The van der Waals surface area contributed by atoms with Gasteiger partial charge in [0, 0.05) is 6.61 Å². The summed E-state index contributed by atoms with van der Waals surface area (Å²) in [5, 5.41) is 8.49. The fraction of sp³-hybridized carbons (Fsp3) is 0.972. The van der Waals surface area contributed by atoms with Gasteiger partial charge in [0.2, 0.25) is 0 Å². The molecule has 0 fully saturated rings. The fourth-order valence-electron chi connectivity index (χ4n) is 4.33. The predicted octanol–water partition coefficient (Wildman–Crippen LogP) is 4.95. The molecule has 0 unspecified atom stereocenters. The molecule has 0 aromatic rings. The highest BCUT2D eigenvalue weighted by molar-refractivity contribution is 5.66. The van der Waals surface area contributed by atoms with Gasteiger partial charge in [0.15, 0.2) is 0 Å². The molecular formula is C36H72O13. The Balaban J connectivity index is 3.05. The number of carbonyl (C=O) groups is 1. The molecule has 0 aromatic heterocycles. The molecule has 0 radical (unpaired) electrons. The molecule has 1 N–H and O–H groups in total. The summed E-state index contributed by atoms with van der Waals surface area (Å²) >= 11 is 0. The topological polar surface area (TPSA) is 139 Å². The van der Waals surface area contributed by atoms with Gasteiger partial charge in [0.1, 0.15) is 0 Å². The molecule has 0 atom stereocenters. The molecule has 0 amide bonds. The van der Waals surface area contributed by atoms with Crippen molar-refractivity contribution >= 4 is 5.97 Å². The SMILES string of the molecule is CCCCCCCCCCCCCOCCOCCOCCOCCOCCOCCOCCOCCOCCOCCOCCC(=O)O. The van der Waals surface area contributed by atoms with Gasteiger partial charge in [-0.25, -0.2) is 0 Å². The first kappa shape index (κ1) is 48.0. The van der Waals surface area contributed by atoms with Crippen molar-refractivity contribution in [3.05, 3.63) is 0 Å².